The Labute approximate surface area is 98.0 Å². The Hall–Kier alpha value is -1.54. The molecule has 2 nitrogen and oxygen atoms in total. The maximum Gasteiger partial charge on any atom is 0.0526 e. The molecule has 0 aromatic heterocycles. The Morgan fingerprint density at radius 1 is 1.19 bits per heavy atom. The standard InChI is InChI=1S/C14H20N2/c1-13(2)9-5-4-8-12-16(15)14-10-6-3-7-11-14/h3-11,13H,12,15H2,1-2H3/b8-4-,9-5-. The van der Waals surface area contributed by atoms with Crippen molar-refractivity contribution in [2.24, 2.45) is 11.8 Å². The summed E-state index contributed by atoms with van der Waals surface area (Å²) in [4.78, 5) is 0. The predicted molar refractivity (Wildman–Crippen MR) is 71.1 cm³/mol. The molecule has 86 valence electrons. The zero-order valence-electron chi connectivity index (χ0n) is 10.0. The number of rotatable bonds is 5. The highest BCUT2D eigenvalue weighted by Gasteiger charge is 1.95. The van der Waals surface area contributed by atoms with Gasteiger partial charge in [0, 0.05) is 0 Å². The van der Waals surface area contributed by atoms with Gasteiger partial charge in [0.2, 0.25) is 0 Å². The molecule has 0 heterocycles. The van der Waals surface area contributed by atoms with Gasteiger partial charge in [-0.05, 0) is 18.1 Å². The molecule has 0 bridgehead atoms. The smallest absolute Gasteiger partial charge is 0.0526 e. The molecule has 0 aliphatic rings. The van der Waals surface area contributed by atoms with Gasteiger partial charge in [-0.25, -0.2) is 5.84 Å². The molecule has 1 aromatic carbocycles. The number of benzene rings is 1. The SMILES string of the molecule is CC(C)/C=C\C=C/CN(N)c1ccccc1. The summed E-state index contributed by atoms with van der Waals surface area (Å²) in [5.74, 6) is 6.49. The average Bonchev–Trinajstić information content (AvgIpc) is 2.29. The Morgan fingerprint density at radius 2 is 1.88 bits per heavy atom. The van der Waals surface area contributed by atoms with Crippen molar-refractivity contribution in [1.82, 2.24) is 0 Å². The fraction of sp³-hybridized carbons (Fsp3) is 0.286. The van der Waals surface area contributed by atoms with E-state index in [1.807, 2.05) is 42.5 Å². The number of nitrogens with two attached hydrogens (primary N) is 1. The van der Waals surface area contributed by atoms with Crippen LogP contribution in [0.2, 0.25) is 0 Å². The van der Waals surface area contributed by atoms with Gasteiger partial charge < -0.3 is 5.01 Å². The van der Waals surface area contributed by atoms with Gasteiger partial charge in [-0.1, -0.05) is 56.4 Å². The van der Waals surface area contributed by atoms with Crippen LogP contribution in [0.15, 0.2) is 54.6 Å². The van der Waals surface area contributed by atoms with E-state index in [9.17, 15) is 0 Å². The summed E-state index contributed by atoms with van der Waals surface area (Å²) < 4.78 is 0. The van der Waals surface area contributed by atoms with E-state index in [0.29, 0.717) is 12.5 Å². The van der Waals surface area contributed by atoms with Crippen LogP contribution >= 0.6 is 0 Å². The number of nitrogens with zero attached hydrogens (tertiary/aromatic N) is 1. The molecule has 0 spiro atoms. The minimum absolute atomic E-state index is 0.591. The largest absolute Gasteiger partial charge is 0.307 e. The quantitative estimate of drug-likeness (QED) is 0.465. The lowest BCUT2D eigenvalue weighted by molar-refractivity contribution is 0.832. The van der Waals surface area contributed by atoms with Crippen molar-refractivity contribution in [3.05, 3.63) is 54.6 Å². The number of hydrogen-bond acceptors (Lipinski definition) is 2. The minimum atomic E-state index is 0.591. The van der Waals surface area contributed by atoms with Gasteiger partial charge in [0.15, 0.2) is 0 Å². The third-order valence-electron chi connectivity index (χ3n) is 2.13. The Kier molecular flexibility index (Phi) is 5.37. The lowest BCUT2D eigenvalue weighted by Gasteiger charge is -2.15. The lowest BCUT2D eigenvalue weighted by Crippen LogP contribution is -2.30. The second-order valence-electron chi connectivity index (χ2n) is 4.04. The molecule has 0 radical (unpaired) electrons. The summed E-state index contributed by atoms with van der Waals surface area (Å²) in [6, 6.07) is 9.95. The van der Waals surface area contributed by atoms with Gasteiger partial charge >= 0.3 is 0 Å². The summed E-state index contributed by atoms with van der Waals surface area (Å²) in [6.45, 7) is 5.03. The lowest BCUT2D eigenvalue weighted by atomic mass is 10.2. The molecular formula is C14H20N2. The van der Waals surface area contributed by atoms with E-state index in [2.05, 4.69) is 26.0 Å². The normalized spacial score (nSPS) is 11.8. The summed E-state index contributed by atoms with van der Waals surface area (Å²) >= 11 is 0. The van der Waals surface area contributed by atoms with E-state index in [1.54, 1.807) is 5.01 Å². The van der Waals surface area contributed by atoms with Gasteiger partial charge in [0.1, 0.15) is 0 Å². The zero-order valence-corrected chi connectivity index (χ0v) is 10.0. The fourth-order valence-electron chi connectivity index (χ4n) is 1.26. The first-order chi connectivity index (χ1) is 7.70. The molecule has 1 rings (SSSR count). The van der Waals surface area contributed by atoms with Gasteiger partial charge in [0.05, 0.1) is 12.2 Å². The maximum absolute atomic E-state index is 5.90. The highest BCUT2D eigenvalue weighted by Crippen LogP contribution is 2.08. The number of para-hydroxylation sites is 1. The Morgan fingerprint density at radius 3 is 2.50 bits per heavy atom. The highest BCUT2D eigenvalue weighted by molar-refractivity contribution is 5.44. The maximum atomic E-state index is 5.90. The van der Waals surface area contributed by atoms with E-state index >= 15 is 0 Å². The van der Waals surface area contributed by atoms with Gasteiger partial charge in [-0.15, -0.1) is 0 Å². The molecule has 0 fully saturated rings. The van der Waals surface area contributed by atoms with Crippen molar-refractivity contribution in [2.75, 3.05) is 11.6 Å². The third-order valence-corrected chi connectivity index (χ3v) is 2.13. The van der Waals surface area contributed by atoms with Gasteiger partial charge in [-0.3, -0.25) is 0 Å². The van der Waals surface area contributed by atoms with Crippen LogP contribution in [-0.2, 0) is 0 Å². The molecule has 0 amide bonds. The summed E-state index contributed by atoms with van der Waals surface area (Å²) in [6.07, 6.45) is 8.29. The van der Waals surface area contributed by atoms with Crippen LogP contribution < -0.4 is 10.9 Å². The first-order valence-corrected chi connectivity index (χ1v) is 5.60. The van der Waals surface area contributed by atoms with Crippen LogP contribution in [0.3, 0.4) is 0 Å². The third kappa shape index (κ3) is 4.80. The second kappa shape index (κ2) is 6.85. The molecular weight excluding hydrogens is 196 g/mol. The van der Waals surface area contributed by atoms with E-state index in [-0.39, 0.29) is 0 Å². The minimum Gasteiger partial charge on any atom is -0.307 e. The molecule has 0 saturated heterocycles. The second-order valence-corrected chi connectivity index (χ2v) is 4.04. The summed E-state index contributed by atoms with van der Waals surface area (Å²) in [5, 5.41) is 1.72. The monoisotopic (exact) mass is 216 g/mol. The molecule has 0 unspecified atom stereocenters. The van der Waals surface area contributed by atoms with E-state index in [4.69, 9.17) is 5.84 Å². The van der Waals surface area contributed by atoms with E-state index in [1.165, 1.54) is 0 Å². The number of hydrazine groups is 1. The topological polar surface area (TPSA) is 29.3 Å². The Balaban J connectivity index is 2.39. The molecule has 16 heavy (non-hydrogen) atoms. The van der Waals surface area contributed by atoms with Crippen molar-refractivity contribution in [3.63, 3.8) is 0 Å². The number of hydrogen-bond donors (Lipinski definition) is 1. The predicted octanol–water partition coefficient (Wildman–Crippen LogP) is 3.14. The van der Waals surface area contributed by atoms with Crippen LogP contribution in [0.25, 0.3) is 0 Å². The Bertz CT molecular complexity index is 339. The van der Waals surface area contributed by atoms with E-state index in [0.717, 1.165) is 5.69 Å². The first-order valence-electron chi connectivity index (χ1n) is 5.60. The molecule has 0 saturated carbocycles. The summed E-state index contributed by atoms with van der Waals surface area (Å²) in [7, 11) is 0. The van der Waals surface area contributed by atoms with Crippen molar-refractivity contribution in [2.45, 2.75) is 13.8 Å². The molecule has 2 heteroatoms. The van der Waals surface area contributed by atoms with Gasteiger partial charge in [-0.2, -0.15) is 0 Å². The molecule has 0 atom stereocenters. The van der Waals surface area contributed by atoms with Crippen LogP contribution in [0, 0.1) is 5.92 Å². The first kappa shape index (κ1) is 12.5. The zero-order chi connectivity index (χ0) is 11.8. The van der Waals surface area contributed by atoms with Crippen LogP contribution in [-0.4, -0.2) is 6.54 Å². The van der Waals surface area contributed by atoms with Crippen LogP contribution in [0.5, 0.6) is 0 Å². The van der Waals surface area contributed by atoms with E-state index < -0.39 is 0 Å². The van der Waals surface area contributed by atoms with Crippen molar-refractivity contribution >= 4 is 5.69 Å². The van der Waals surface area contributed by atoms with Crippen molar-refractivity contribution < 1.29 is 0 Å². The number of anilines is 1. The fourth-order valence-corrected chi connectivity index (χ4v) is 1.26. The number of allylic oxidation sites excluding steroid dienone is 3. The molecule has 0 aliphatic heterocycles. The van der Waals surface area contributed by atoms with Crippen LogP contribution in [0.4, 0.5) is 5.69 Å². The molecule has 1 aromatic rings. The average molecular weight is 216 g/mol. The van der Waals surface area contributed by atoms with Crippen LogP contribution in [0.1, 0.15) is 13.8 Å². The van der Waals surface area contributed by atoms with Crippen molar-refractivity contribution in [3.8, 4) is 0 Å². The van der Waals surface area contributed by atoms with Crippen molar-refractivity contribution in [1.29, 1.82) is 0 Å². The summed E-state index contributed by atoms with van der Waals surface area (Å²) in [5.41, 5.74) is 1.03. The van der Waals surface area contributed by atoms with Gasteiger partial charge in [0.25, 0.3) is 0 Å². The molecule has 0 aliphatic carbocycles. The molecule has 2 N–H and O–H groups in total. The highest BCUT2D eigenvalue weighted by atomic mass is 15.4.